The van der Waals surface area contributed by atoms with E-state index in [-0.39, 0.29) is 5.25 Å². The van der Waals surface area contributed by atoms with Crippen molar-refractivity contribution in [1.29, 1.82) is 0 Å². The van der Waals surface area contributed by atoms with Crippen LogP contribution in [0.5, 0.6) is 0 Å². The van der Waals surface area contributed by atoms with Crippen molar-refractivity contribution in [2.75, 3.05) is 0 Å². The van der Waals surface area contributed by atoms with E-state index in [0.29, 0.717) is 28.4 Å². The molecule has 0 bridgehead atoms. The Morgan fingerprint density at radius 3 is 2.78 bits per heavy atom. The summed E-state index contributed by atoms with van der Waals surface area (Å²) in [4.78, 5) is 0. The van der Waals surface area contributed by atoms with Crippen LogP contribution in [0.4, 0.5) is 0 Å². The minimum absolute atomic E-state index is 0.0932. The molecule has 138 valence electrons. The van der Waals surface area contributed by atoms with Crippen molar-refractivity contribution in [3.8, 4) is 23.0 Å². The third kappa shape index (κ3) is 3.63. The van der Waals surface area contributed by atoms with E-state index in [1.165, 1.54) is 11.8 Å². The van der Waals surface area contributed by atoms with Crippen molar-refractivity contribution in [3.05, 3.63) is 53.6 Å². The summed E-state index contributed by atoms with van der Waals surface area (Å²) < 4.78 is 13.3. The van der Waals surface area contributed by atoms with Gasteiger partial charge in [-0.25, -0.2) is 0 Å². The fraction of sp³-hybridized carbons (Fsp3) is 0.222. The molecule has 0 amide bonds. The molecule has 9 heteroatoms. The summed E-state index contributed by atoms with van der Waals surface area (Å²) >= 11 is 7.53. The number of furan rings is 1. The molecule has 0 saturated carbocycles. The van der Waals surface area contributed by atoms with Gasteiger partial charge in [0.1, 0.15) is 0 Å². The first kappa shape index (κ1) is 17.8. The number of hydrogen-bond acceptors (Lipinski definition) is 7. The second-order valence-corrected chi connectivity index (χ2v) is 7.49. The van der Waals surface area contributed by atoms with E-state index in [4.69, 9.17) is 20.4 Å². The van der Waals surface area contributed by atoms with Crippen LogP contribution in [0.2, 0.25) is 5.02 Å². The van der Waals surface area contributed by atoms with Gasteiger partial charge in [-0.1, -0.05) is 29.4 Å². The number of aromatic nitrogens is 5. The summed E-state index contributed by atoms with van der Waals surface area (Å²) in [6, 6.07) is 11.0. The maximum absolute atomic E-state index is 6.03. The standard InChI is InChI=1S/C18H16ClN5O2S/c1-3-24-15(14-8-5-9-25-14)20-23-18(24)27-11(2)16-21-22-17(26-16)12-6-4-7-13(19)10-12/h4-11H,3H2,1-2H3. The summed E-state index contributed by atoms with van der Waals surface area (Å²) in [6.45, 7) is 4.74. The van der Waals surface area contributed by atoms with Crippen molar-refractivity contribution in [3.63, 3.8) is 0 Å². The third-order valence-electron chi connectivity index (χ3n) is 3.92. The lowest BCUT2D eigenvalue weighted by Crippen LogP contribution is -2.00. The highest BCUT2D eigenvalue weighted by molar-refractivity contribution is 7.99. The Balaban J connectivity index is 1.56. The number of thioether (sulfide) groups is 1. The highest BCUT2D eigenvalue weighted by Crippen LogP contribution is 2.36. The first-order valence-corrected chi connectivity index (χ1v) is 9.64. The molecule has 0 aliphatic carbocycles. The highest BCUT2D eigenvalue weighted by Gasteiger charge is 2.21. The Kier molecular flexibility index (Phi) is 5.00. The maximum Gasteiger partial charge on any atom is 0.247 e. The van der Waals surface area contributed by atoms with E-state index in [9.17, 15) is 0 Å². The van der Waals surface area contributed by atoms with Crippen molar-refractivity contribution < 1.29 is 8.83 Å². The smallest absolute Gasteiger partial charge is 0.247 e. The molecule has 0 spiro atoms. The Morgan fingerprint density at radius 2 is 2.04 bits per heavy atom. The monoisotopic (exact) mass is 401 g/mol. The molecule has 27 heavy (non-hydrogen) atoms. The summed E-state index contributed by atoms with van der Waals surface area (Å²) in [5, 5.41) is 18.1. The molecule has 0 aliphatic rings. The number of rotatable bonds is 6. The van der Waals surface area contributed by atoms with Crippen molar-refractivity contribution >= 4 is 23.4 Å². The average molecular weight is 402 g/mol. The van der Waals surface area contributed by atoms with E-state index >= 15 is 0 Å². The van der Waals surface area contributed by atoms with Crippen LogP contribution in [0.3, 0.4) is 0 Å². The van der Waals surface area contributed by atoms with Crippen LogP contribution in [0.1, 0.15) is 25.0 Å². The van der Waals surface area contributed by atoms with Crippen molar-refractivity contribution in [1.82, 2.24) is 25.0 Å². The van der Waals surface area contributed by atoms with Gasteiger partial charge >= 0.3 is 0 Å². The normalized spacial score (nSPS) is 12.4. The topological polar surface area (TPSA) is 82.8 Å². The van der Waals surface area contributed by atoms with E-state index in [1.54, 1.807) is 18.4 Å². The highest BCUT2D eigenvalue weighted by atomic mass is 35.5. The van der Waals surface area contributed by atoms with E-state index in [0.717, 1.165) is 17.3 Å². The second kappa shape index (κ2) is 7.58. The van der Waals surface area contributed by atoms with Crippen molar-refractivity contribution in [2.24, 2.45) is 0 Å². The van der Waals surface area contributed by atoms with E-state index in [1.807, 2.05) is 42.7 Å². The molecule has 1 aromatic carbocycles. The van der Waals surface area contributed by atoms with Gasteiger partial charge in [0.05, 0.1) is 11.5 Å². The summed E-state index contributed by atoms with van der Waals surface area (Å²) in [6.07, 6.45) is 1.62. The molecule has 1 unspecified atom stereocenters. The van der Waals surface area contributed by atoms with Gasteiger partial charge in [0.2, 0.25) is 11.8 Å². The van der Waals surface area contributed by atoms with Crippen LogP contribution >= 0.6 is 23.4 Å². The minimum atomic E-state index is -0.0932. The molecule has 7 nitrogen and oxygen atoms in total. The molecule has 3 heterocycles. The number of hydrogen-bond donors (Lipinski definition) is 0. The van der Waals surface area contributed by atoms with Crippen molar-refractivity contribution in [2.45, 2.75) is 30.8 Å². The predicted molar refractivity (Wildman–Crippen MR) is 102 cm³/mol. The largest absolute Gasteiger partial charge is 0.461 e. The fourth-order valence-electron chi connectivity index (χ4n) is 2.59. The van der Waals surface area contributed by atoms with E-state index < -0.39 is 0 Å². The number of halogens is 1. The molecule has 0 saturated heterocycles. The van der Waals surface area contributed by atoms with Crippen LogP contribution in [-0.4, -0.2) is 25.0 Å². The molecular weight excluding hydrogens is 386 g/mol. The molecule has 1 atom stereocenters. The van der Waals surface area contributed by atoms with Crippen LogP contribution in [-0.2, 0) is 6.54 Å². The Morgan fingerprint density at radius 1 is 1.15 bits per heavy atom. The minimum Gasteiger partial charge on any atom is -0.461 e. The molecular formula is C18H16ClN5O2S. The van der Waals surface area contributed by atoms with Gasteiger partial charge in [-0.3, -0.25) is 4.57 Å². The van der Waals surface area contributed by atoms with Crippen LogP contribution in [0, 0.1) is 0 Å². The molecule has 0 fully saturated rings. The molecule has 0 aliphatic heterocycles. The molecule has 4 aromatic rings. The number of benzene rings is 1. The van der Waals surface area contributed by atoms with Gasteiger partial charge in [-0.15, -0.1) is 20.4 Å². The lowest BCUT2D eigenvalue weighted by molar-refractivity contribution is 0.508. The SMILES string of the molecule is CCn1c(SC(C)c2nnc(-c3cccc(Cl)c3)o2)nnc1-c1ccco1. The first-order valence-electron chi connectivity index (χ1n) is 8.38. The van der Waals surface area contributed by atoms with Gasteiger partial charge < -0.3 is 8.83 Å². The first-order chi connectivity index (χ1) is 13.2. The summed E-state index contributed by atoms with van der Waals surface area (Å²) in [7, 11) is 0. The van der Waals surface area contributed by atoms with Crippen LogP contribution < -0.4 is 0 Å². The zero-order chi connectivity index (χ0) is 18.8. The Hall–Kier alpha value is -2.58. The molecule has 0 radical (unpaired) electrons. The van der Waals surface area contributed by atoms with Crippen LogP contribution in [0.25, 0.3) is 23.0 Å². The zero-order valence-electron chi connectivity index (χ0n) is 14.7. The maximum atomic E-state index is 6.03. The average Bonchev–Trinajstić information content (AvgIpc) is 3.41. The lowest BCUT2D eigenvalue weighted by atomic mass is 10.2. The van der Waals surface area contributed by atoms with Gasteiger partial charge in [-0.2, -0.15) is 0 Å². The van der Waals surface area contributed by atoms with Gasteiger partial charge in [0, 0.05) is 17.1 Å². The van der Waals surface area contributed by atoms with Gasteiger partial charge in [0.25, 0.3) is 0 Å². The predicted octanol–water partition coefficient (Wildman–Crippen LogP) is 5.11. The molecule has 3 aromatic heterocycles. The second-order valence-electron chi connectivity index (χ2n) is 5.74. The quantitative estimate of drug-likeness (QED) is 0.415. The number of nitrogens with zero attached hydrogens (tertiary/aromatic N) is 5. The zero-order valence-corrected chi connectivity index (χ0v) is 16.2. The lowest BCUT2D eigenvalue weighted by Gasteiger charge is -2.08. The van der Waals surface area contributed by atoms with E-state index in [2.05, 4.69) is 20.4 Å². The van der Waals surface area contributed by atoms with Gasteiger partial charge in [0.15, 0.2) is 16.7 Å². The molecule has 0 N–H and O–H groups in total. The summed E-state index contributed by atoms with van der Waals surface area (Å²) in [5.74, 6) is 2.33. The van der Waals surface area contributed by atoms with Crippen LogP contribution in [0.15, 0.2) is 56.7 Å². The third-order valence-corrected chi connectivity index (χ3v) is 5.22. The summed E-state index contributed by atoms with van der Waals surface area (Å²) in [5.41, 5.74) is 0.787. The van der Waals surface area contributed by atoms with Gasteiger partial charge in [-0.05, 0) is 44.2 Å². The Labute approximate surface area is 164 Å². The Bertz CT molecular complexity index is 1040. The molecule has 4 rings (SSSR count). The fourth-order valence-corrected chi connectivity index (χ4v) is 3.73.